The first-order valence-electron chi connectivity index (χ1n) is 9.67. The van der Waals surface area contributed by atoms with E-state index in [-0.39, 0.29) is 0 Å². The van der Waals surface area contributed by atoms with Gasteiger partial charge in [0.2, 0.25) is 0 Å². The molecule has 1 rings (SSSR count). The van der Waals surface area contributed by atoms with Crippen molar-refractivity contribution in [1.82, 2.24) is 0 Å². The number of hydrogen-bond donors (Lipinski definition) is 2. The van der Waals surface area contributed by atoms with Gasteiger partial charge in [-0.1, -0.05) is 64.7 Å². The van der Waals surface area contributed by atoms with E-state index in [0.29, 0.717) is 11.3 Å². The lowest BCUT2D eigenvalue weighted by atomic mass is 9.93. The van der Waals surface area contributed by atoms with Gasteiger partial charge in [0.05, 0.1) is 5.56 Å². The molecule has 3 heteroatoms. The monoisotopic (exact) mass is 332 g/mol. The Labute approximate surface area is 148 Å². The molecular formula is C21H36N2O. The lowest BCUT2D eigenvalue weighted by Gasteiger charge is -2.14. The highest BCUT2D eigenvalue weighted by Gasteiger charge is 2.13. The summed E-state index contributed by atoms with van der Waals surface area (Å²) in [7, 11) is 0. The van der Waals surface area contributed by atoms with E-state index in [2.05, 4.69) is 13.8 Å². The van der Waals surface area contributed by atoms with Crippen molar-refractivity contribution < 1.29 is 4.79 Å². The van der Waals surface area contributed by atoms with Crippen molar-refractivity contribution in [2.75, 3.05) is 5.73 Å². The molecule has 136 valence electrons. The molecule has 0 radical (unpaired) electrons. The highest BCUT2D eigenvalue weighted by molar-refractivity contribution is 5.99. The van der Waals surface area contributed by atoms with Crippen molar-refractivity contribution in [2.24, 2.45) is 5.73 Å². The van der Waals surface area contributed by atoms with Crippen LogP contribution in [0.15, 0.2) is 6.07 Å². The van der Waals surface area contributed by atoms with E-state index in [1.807, 2.05) is 13.0 Å². The van der Waals surface area contributed by atoms with Gasteiger partial charge in [-0.3, -0.25) is 4.79 Å². The summed E-state index contributed by atoms with van der Waals surface area (Å²) in [5, 5.41) is 0. The molecule has 0 aromatic heterocycles. The molecule has 24 heavy (non-hydrogen) atoms. The van der Waals surface area contributed by atoms with Gasteiger partial charge in [0.1, 0.15) is 0 Å². The van der Waals surface area contributed by atoms with Gasteiger partial charge >= 0.3 is 0 Å². The van der Waals surface area contributed by atoms with Crippen LogP contribution in [0.25, 0.3) is 0 Å². The van der Waals surface area contributed by atoms with Crippen LogP contribution in [-0.2, 0) is 6.42 Å². The molecule has 1 amide bonds. The van der Waals surface area contributed by atoms with Crippen LogP contribution in [0.3, 0.4) is 0 Å². The normalized spacial score (nSPS) is 11.0. The first kappa shape index (κ1) is 20.5. The predicted octanol–water partition coefficient (Wildman–Crippen LogP) is 5.45. The number of aryl methyl sites for hydroxylation is 1. The number of benzene rings is 1. The number of carbonyl (C=O) groups excluding carboxylic acids is 1. The summed E-state index contributed by atoms with van der Waals surface area (Å²) in [4.78, 5) is 11.5. The van der Waals surface area contributed by atoms with E-state index < -0.39 is 5.91 Å². The van der Waals surface area contributed by atoms with Gasteiger partial charge in [0, 0.05) is 5.69 Å². The minimum absolute atomic E-state index is 0.431. The first-order valence-corrected chi connectivity index (χ1v) is 9.67. The third-order valence-electron chi connectivity index (χ3n) is 5.12. The molecule has 0 saturated carbocycles. The molecular weight excluding hydrogens is 296 g/mol. The molecule has 0 aliphatic heterocycles. The highest BCUT2D eigenvalue weighted by Crippen LogP contribution is 2.25. The maximum atomic E-state index is 11.5. The fraction of sp³-hybridized carbons (Fsp3) is 0.667. The van der Waals surface area contributed by atoms with Crippen molar-refractivity contribution in [3.8, 4) is 0 Å². The third-order valence-corrected chi connectivity index (χ3v) is 5.12. The minimum Gasteiger partial charge on any atom is -0.398 e. The van der Waals surface area contributed by atoms with E-state index in [4.69, 9.17) is 11.5 Å². The van der Waals surface area contributed by atoms with E-state index >= 15 is 0 Å². The summed E-state index contributed by atoms with van der Waals surface area (Å²) in [6.45, 7) is 6.32. The summed E-state index contributed by atoms with van der Waals surface area (Å²) in [5.41, 5.74) is 15.9. The Hall–Kier alpha value is -1.51. The van der Waals surface area contributed by atoms with Gasteiger partial charge in [-0.25, -0.2) is 0 Å². The van der Waals surface area contributed by atoms with E-state index in [9.17, 15) is 4.79 Å². The number of unbranched alkanes of at least 4 members (excludes halogenated alkanes) is 9. The van der Waals surface area contributed by atoms with Crippen LogP contribution in [0.2, 0.25) is 0 Å². The number of amides is 1. The lowest BCUT2D eigenvalue weighted by Crippen LogP contribution is -2.15. The molecule has 0 saturated heterocycles. The number of nitrogen functional groups attached to an aromatic ring is 1. The van der Waals surface area contributed by atoms with Gasteiger partial charge in [0.15, 0.2) is 0 Å². The third kappa shape index (κ3) is 6.54. The number of hydrogen-bond acceptors (Lipinski definition) is 2. The molecule has 0 aliphatic rings. The Balaban J connectivity index is 2.32. The second kappa shape index (κ2) is 11.1. The molecule has 4 N–H and O–H groups in total. The molecule has 0 spiro atoms. The van der Waals surface area contributed by atoms with Gasteiger partial charge in [-0.15, -0.1) is 0 Å². The summed E-state index contributed by atoms with van der Waals surface area (Å²) < 4.78 is 0. The zero-order chi connectivity index (χ0) is 17.9. The maximum Gasteiger partial charge on any atom is 0.250 e. The Bertz CT molecular complexity index is 523. The Kier molecular flexibility index (Phi) is 9.51. The van der Waals surface area contributed by atoms with E-state index in [1.54, 1.807) is 0 Å². The van der Waals surface area contributed by atoms with Gasteiger partial charge in [-0.2, -0.15) is 0 Å². The number of primary amides is 1. The summed E-state index contributed by atoms with van der Waals surface area (Å²) in [6.07, 6.45) is 14.3. The van der Waals surface area contributed by atoms with Crippen molar-refractivity contribution in [2.45, 2.75) is 91.4 Å². The number of carbonyl (C=O) groups is 1. The van der Waals surface area contributed by atoms with Gasteiger partial charge < -0.3 is 11.5 Å². The summed E-state index contributed by atoms with van der Waals surface area (Å²) in [6, 6.07) is 1.90. The largest absolute Gasteiger partial charge is 0.398 e. The minimum atomic E-state index is -0.431. The zero-order valence-electron chi connectivity index (χ0n) is 15.9. The van der Waals surface area contributed by atoms with Gasteiger partial charge in [0.25, 0.3) is 5.91 Å². The van der Waals surface area contributed by atoms with Crippen molar-refractivity contribution >= 4 is 11.6 Å². The molecule has 1 aromatic rings. The Morgan fingerprint density at radius 2 is 1.38 bits per heavy atom. The van der Waals surface area contributed by atoms with E-state index in [0.717, 1.165) is 18.4 Å². The zero-order valence-corrected chi connectivity index (χ0v) is 15.9. The van der Waals surface area contributed by atoms with Crippen LogP contribution < -0.4 is 11.5 Å². The average molecular weight is 333 g/mol. The molecule has 0 atom stereocenters. The second-order valence-corrected chi connectivity index (χ2v) is 7.04. The first-order chi connectivity index (χ1) is 11.5. The van der Waals surface area contributed by atoms with Crippen molar-refractivity contribution in [3.05, 3.63) is 28.3 Å². The Morgan fingerprint density at radius 1 is 0.875 bits per heavy atom. The quantitative estimate of drug-likeness (QED) is 0.395. The van der Waals surface area contributed by atoms with Crippen LogP contribution in [-0.4, -0.2) is 5.91 Å². The highest BCUT2D eigenvalue weighted by atomic mass is 16.1. The SMILES string of the molecule is CCCCCCCCCCCCc1cc(C(N)=O)c(N)c(C)c1C. The maximum absolute atomic E-state index is 11.5. The lowest BCUT2D eigenvalue weighted by molar-refractivity contribution is 0.100. The predicted molar refractivity (Wildman–Crippen MR) is 104 cm³/mol. The number of nitrogens with two attached hydrogens (primary N) is 2. The topological polar surface area (TPSA) is 69.1 Å². The van der Waals surface area contributed by atoms with Crippen LogP contribution in [0.5, 0.6) is 0 Å². The fourth-order valence-electron chi connectivity index (χ4n) is 3.27. The van der Waals surface area contributed by atoms with E-state index in [1.165, 1.54) is 68.9 Å². The van der Waals surface area contributed by atoms with Crippen LogP contribution >= 0.6 is 0 Å². The second-order valence-electron chi connectivity index (χ2n) is 7.04. The smallest absolute Gasteiger partial charge is 0.250 e. The Morgan fingerprint density at radius 3 is 1.88 bits per heavy atom. The molecule has 0 aliphatic carbocycles. The van der Waals surface area contributed by atoms with Crippen molar-refractivity contribution in [1.29, 1.82) is 0 Å². The summed E-state index contributed by atoms with van der Waals surface area (Å²) in [5.74, 6) is -0.431. The summed E-state index contributed by atoms with van der Waals surface area (Å²) >= 11 is 0. The molecule has 3 nitrogen and oxygen atoms in total. The van der Waals surface area contributed by atoms with Crippen LogP contribution in [0.4, 0.5) is 5.69 Å². The molecule has 0 bridgehead atoms. The van der Waals surface area contributed by atoms with Crippen molar-refractivity contribution in [3.63, 3.8) is 0 Å². The average Bonchev–Trinajstić information content (AvgIpc) is 2.56. The fourth-order valence-corrected chi connectivity index (χ4v) is 3.27. The molecule has 0 fully saturated rings. The number of rotatable bonds is 12. The molecule has 0 unspecified atom stereocenters. The van der Waals surface area contributed by atoms with Crippen LogP contribution in [0, 0.1) is 13.8 Å². The van der Waals surface area contributed by atoms with Crippen LogP contribution in [0.1, 0.15) is 98.2 Å². The molecule has 1 aromatic carbocycles. The molecule has 0 heterocycles. The van der Waals surface area contributed by atoms with Gasteiger partial charge in [-0.05, 0) is 49.4 Å². The standard InChI is InChI=1S/C21H36N2O/c1-4-5-6-7-8-9-10-11-12-13-14-18-15-19(21(23)24)20(22)17(3)16(18)2/h15H,4-14,22H2,1-3H3,(H2,23,24). The number of anilines is 1.